The molecular weight excluding hydrogens is 186 g/mol. The molecule has 0 heterocycles. The van der Waals surface area contributed by atoms with E-state index in [4.69, 9.17) is 10.5 Å². The van der Waals surface area contributed by atoms with Crippen LogP contribution in [0.15, 0.2) is 30.4 Å². The van der Waals surface area contributed by atoms with Gasteiger partial charge in [-0.1, -0.05) is 18.7 Å². The van der Waals surface area contributed by atoms with E-state index >= 15 is 0 Å². The second-order valence-electron chi connectivity index (χ2n) is 4.06. The van der Waals surface area contributed by atoms with Crippen LogP contribution in [0.25, 0.3) is 0 Å². The summed E-state index contributed by atoms with van der Waals surface area (Å²) in [5, 5.41) is 0. The minimum atomic E-state index is 0.0684. The first-order valence-corrected chi connectivity index (χ1v) is 5.14. The lowest BCUT2D eigenvalue weighted by Crippen LogP contribution is -2.06. The van der Waals surface area contributed by atoms with Crippen LogP contribution in [0.3, 0.4) is 0 Å². The number of hydrogen-bond acceptors (Lipinski definition) is 2. The lowest BCUT2D eigenvalue weighted by molar-refractivity contribution is 0.350. The molecule has 0 aromatic heterocycles. The summed E-state index contributed by atoms with van der Waals surface area (Å²) in [7, 11) is 0. The van der Waals surface area contributed by atoms with Crippen molar-refractivity contribution in [2.24, 2.45) is 5.73 Å². The molecule has 0 aliphatic heterocycles. The second-order valence-corrected chi connectivity index (χ2v) is 4.06. The summed E-state index contributed by atoms with van der Waals surface area (Å²) < 4.78 is 5.59. The van der Waals surface area contributed by atoms with E-state index in [1.165, 1.54) is 0 Å². The van der Waals surface area contributed by atoms with Gasteiger partial charge in [0.05, 0.1) is 0 Å². The molecule has 1 atom stereocenters. The Morgan fingerprint density at radius 1 is 1.53 bits per heavy atom. The maximum absolute atomic E-state index is 5.80. The van der Waals surface area contributed by atoms with Gasteiger partial charge in [-0.2, -0.15) is 0 Å². The Morgan fingerprint density at radius 2 is 2.20 bits per heavy atom. The highest BCUT2D eigenvalue weighted by molar-refractivity contribution is 5.37. The molecule has 0 aliphatic rings. The van der Waals surface area contributed by atoms with Gasteiger partial charge in [-0.3, -0.25) is 0 Å². The molecule has 0 aliphatic carbocycles. The van der Waals surface area contributed by atoms with Gasteiger partial charge >= 0.3 is 0 Å². The Bertz CT molecular complexity index is 356. The van der Waals surface area contributed by atoms with Crippen molar-refractivity contribution < 1.29 is 4.74 Å². The largest absolute Gasteiger partial charge is 0.489 e. The van der Waals surface area contributed by atoms with Crippen LogP contribution in [-0.2, 0) is 0 Å². The quantitative estimate of drug-likeness (QED) is 0.767. The van der Waals surface area contributed by atoms with Crippen LogP contribution >= 0.6 is 0 Å². The molecule has 2 nitrogen and oxygen atoms in total. The number of benzene rings is 1. The van der Waals surface area contributed by atoms with E-state index in [2.05, 4.69) is 12.6 Å². The van der Waals surface area contributed by atoms with Crippen LogP contribution < -0.4 is 10.5 Å². The van der Waals surface area contributed by atoms with Crippen molar-refractivity contribution in [1.82, 2.24) is 0 Å². The predicted octanol–water partition coefficient (Wildman–Crippen LogP) is 2.97. The summed E-state index contributed by atoms with van der Waals surface area (Å²) in [5.74, 6) is 0.905. The molecule has 1 aromatic carbocycles. The van der Waals surface area contributed by atoms with E-state index in [0.717, 1.165) is 22.4 Å². The van der Waals surface area contributed by atoms with Gasteiger partial charge in [-0.15, -0.1) is 0 Å². The predicted molar refractivity (Wildman–Crippen MR) is 64.1 cm³/mol. The number of hydrogen-bond donors (Lipinski definition) is 1. The molecule has 2 N–H and O–H groups in total. The van der Waals surface area contributed by atoms with Crippen molar-refractivity contribution in [2.75, 3.05) is 6.61 Å². The molecule has 0 amide bonds. The highest BCUT2D eigenvalue weighted by Gasteiger charge is 2.04. The average Bonchev–Trinajstić information content (AvgIpc) is 2.15. The second kappa shape index (κ2) is 4.99. The standard InChI is InChI=1S/C13H19NO/c1-9(2)8-15-13-6-5-12(11(4)14)7-10(13)3/h5-7,11H,1,8,14H2,2-4H3/t11-/m0/s1. The minimum absolute atomic E-state index is 0.0684. The smallest absolute Gasteiger partial charge is 0.122 e. The fraction of sp³-hybridized carbons (Fsp3) is 0.385. The van der Waals surface area contributed by atoms with E-state index in [1.807, 2.05) is 32.9 Å². The fourth-order valence-electron chi connectivity index (χ4n) is 1.32. The summed E-state index contributed by atoms with van der Waals surface area (Å²) in [5.41, 5.74) is 9.07. The molecule has 1 rings (SSSR count). The summed E-state index contributed by atoms with van der Waals surface area (Å²) in [6, 6.07) is 6.11. The maximum Gasteiger partial charge on any atom is 0.122 e. The van der Waals surface area contributed by atoms with E-state index in [0.29, 0.717) is 6.61 Å². The molecule has 15 heavy (non-hydrogen) atoms. The minimum Gasteiger partial charge on any atom is -0.489 e. The topological polar surface area (TPSA) is 35.2 Å². The zero-order valence-corrected chi connectivity index (χ0v) is 9.71. The molecule has 0 spiro atoms. The molecule has 0 unspecified atom stereocenters. The van der Waals surface area contributed by atoms with Crippen LogP contribution in [0, 0.1) is 6.92 Å². The Labute approximate surface area is 91.7 Å². The first-order valence-electron chi connectivity index (χ1n) is 5.14. The van der Waals surface area contributed by atoms with Crippen LogP contribution in [0.1, 0.15) is 31.0 Å². The van der Waals surface area contributed by atoms with Gasteiger partial charge in [0.2, 0.25) is 0 Å². The van der Waals surface area contributed by atoms with E-state index < -0.39 is 0 Å². The molecule has 82 valence electrons. The van der Waals surface area contributed by atoms with Crippen molar-refractivity contribution in [2.45, 2.75) is 26.8 Å². The van der Waals surface area contributed by atoms with Crippen molar-refractivity contribution in [3.63, 3.8) is 0 Å². The van der Waals surface area contributed by atoms with Crippen molar-refractivity contribution >= 4 is 0 Å². The Kier molecular flexibility index (Phi) is 3.92. The van der Waals surface area contributed by atoms with Gasteiger partial charge < -0.3 is 10.5 Å². The van der Waals surface area contributed by atoms with Crippen LogP contribution in [0.4, 0.5) is 0 Å². The summed E-state index contributed by atoms with van der Waals surface area (Å²) in [4.78, 5) is 0. The third kappa shape index (κ3) is 3.40. The van der Waals surface area contributed by atoms with Gasteiger partial charge in [0.15, 0.2) is 0 Å². The van der Waals surface area contributed by atoms with E-state index in [9.17, 15) is 0 Å². The first kappa shape index (κ1) is 11.8. The summed E-state index contributed by atoms with van der Waals surface area (Å²) in [6.07, 6.45) is 0. The average molecular weight is 205 g/mol. The first-order chi connectivity index (χ1) is 7.00. The Balaban J connectivity index is 2.79. The van der Waals surface area contributed by atoms with Gasteiger partial charge in [-0.05, 0) is 43.5 Å². The fourth-order valence-corrected chi connectivity index (χ4v) is 1.32. The number of rotatable bonds is 4. The van der Waals surface area contributed by atoms with Gasteiger partial charge in [0.25, 0.3) is 0 Å². The zero-order chi connectivity index (χ0) is 11.4. The highest BCUT2D eigenvalue weighted by Crippen LogP contribution is 2.22. The van der Waals surface area contributed by atoms with Gasteiger partial charge in [0, 0.05) is 6.04 Å². The highest BCUT2D eigenvalue weighted by atomic mass is 16.5. The van der Waals surface area contributed by atoms with Gasteiger partial charge in [0.1, 0.15) is 12.4 Å². The SMILES string of the molecule is C=C(C)COc1ccc([C@H](C)N)cc1C. The molecule has 0 fully saturated rings. The third-order valence-corrected chi connectivity index (χ3v) is 2.20. The molecule has 0 radical (unpaired) electrons. The molecule has 2 heteroatoms. The summed E-state index contributed by atoms with van der Waals surface area (Å²) >= 11 is 0. The normalized spacial score (nSPS) is 12.3. The number of ether oxygens (including phenoxy) is 1. The molecule has 0 bridgehead atoms. The van der Waals surface area contributed by atoms with Crippen molar-refractivity contribution in [3.05, 3.63) is 41.5 Å². The zero-order valence-electron chi connectivity index (χ0n) is 9.71. The van der Waals surface area contributed by atoms with E-state index in [1.54, 1.807) is 0 Å². The lowest BCUT2D eigenvalue weighted by Gasteiger charge is -2.12. The number of nitrogens with two attached hydrogens (primary N) is 1. The molecule has 0 saturated carbocycles. The maximum atomic E-state index is 5.80. The van der Waals surface area contributed by atoms with Gasteiger partial charge in [-0.25, -0.2) is 0 Å². The third-order valence-electron chi connectivity index (χ3n) is 2.20. The monoisotopic (exact) mass is 205 g/mol. The summed E-state index contributed by atoms with van der Waals surface area (Å²) in [6.45, 7) is 10.3. The van der Waals surface area contributed by atoms with Crippen LogP contribution in [-0.4, -0.2) is 6.61 Å². The van der Waals surface area contributed by atoms with Crippen molar-refractivity contribution in [3.8, 4) is 5.75 Å². The van der Waals surface area contributed by atoms with Crippen LogP contribution in [0.2, 0.25) is 0 Å². The Hall–Kier alpha value is -1.28. The van der Waals surface area contributed by atoms with Crippen molar-refractivity contribution in [1.29, 1.82) is 0 Å². The van der Waals surface area contributed by atoms with E-state index in [-0.39, 0.29) is 6.04 Å². The lowest BCUT2D eigenvalue weighted by atomic mass is 10.1. The Morgan fingerprint density at radius 3 is 2.67 bits per heavy atom. The van der Waals surface area contributed by atoms with Crippen LogP contribution in [0.5, 0.6) is 5.75 Å². The molecule has 1 aromatic rings. The molecule has 0 saturated heterocycles. The number of aryl methyl sites for hydroxylation is 1. The molecular formula is C13H19NO.